The normalized spacial score (nSPS) is 13.1. The lowest BCUT2D eigenvalue weighted by Crippen LogP contribution is -2.07. The van der Waals surface area contributed by atoms with E-state index in [1.165, 1.54) is 0 Å². The number of fused-ring (bicyclic) bond motifs is 1. The van der Waals surface area contributed by atoms with Gasteiger partial charge in [-0.25, -0.2) is 4.79 Å². The number of esters is 1. The molecule has 4 nitrogen and oxygen atoms in total. The van der Waals surface area contributed by atoms with Gasteiger partial charge in [-0.1, -0.05) is 6.07 Å². The second-order valence-corrected chi connectivity index (χ2v) is 3.92. The standard InChI is InChI=1S/C13H16O4/c1-2-16-13(15)11-8-9(3-5-14)7-10-4-6-17-12(10)11/h7-8,14H,2-6H2,1H3. The van der Waals surface area contributed by atoms with Gasteiger partial charge in [0.15, 0.2) is 0 Å². The Morgan fingerprint density at radius 2 is 2.35 bits per heavy atom. The Hall–Kier alpha value is -1.55. The summed E-state index contributed by atoms with van der Waals surface area (Å²) in [7, 11) is 0. The van der Waals surface area contributed by atoms with Gasteiger partial charge in [0.1, 0.15) is 11.3 Å². The first-order valence-electron chi connectivity index (χ1n) is 5.82. The quantitative estimate of drug-likeness (QED) is 0.801. The van der Waals surface area contributed by atoms with Crippen molar-refractivity contribution in [1.82, 2.24) is 0 Å². The van der Waals surface area contributed by atoms with Crippen molar-refractivity contribution in [3.8, 4) is 5.75 Å². The number of hydrogen-bond acceptors (Lipinski definition) is 4. The van der Waals surface area contributed by atoms with E-state index < -0.39 is 0 Å². The maximum Gasteiger partial charge on any atom is 0.341 e. The van der Waals surface area contributed by atoms with Crippen molar-refractivity contribution in [3.63, 3.8) is 0 Å². The van der Waals surface area contributed by atoms with E-state index in [9.17, 15) is 4.79 Å². The number of aliphatic hydroxyl groups is 1. The lowest BCUT2D eigenvalue weighted by molar-refractivity contribution is 0.0522. The van der Waals surface area contributed by atoms with E-state index in [4.69, 9.17) is 14.6 Å². The van der Waals surface area contributed by atoms with Crippen molar-refractivity contribution in [2.24, 2.45) is 0 Å². The van der Waals surface area contributed by atoms with Gasteiger partial charge < -0.3 is 14.6 Å². The van der Waals surface area contributed by atoms with Crippen molar-refractivity contribution in [2.75, 3.05) is 19.8 Å². The lowest BCUT2D eigenvalue weighted by atomic mass is 10.0. The van der Waals surface area contributed by atoms with Crippen molar-refractivity contribution in [1.29, 1.82) is 0 Å². The third-order valence-corrected chi connectivity index (χ3v) is 2.74. The summed E-state index contributed by atoms with van der Waals surface area (Å²) in [6.07, 6.45) is 1.35. The van der Waals surface area contributed by atoms with Gasteiger partial charge in [-0.15, -0.1) is 0 Å². The van der Waals surface area contributed by atoms with Crippen LogP contribution in [0.4, 0.5) is 0 Å². The smallest absolute Gasteiger partial charge is 0.341 e. The van der Waals surface area contributed by atoms with E-state index in [2.05, 4.69) is 0 Å². The van der Waals surface area contributed by atoms with Crippen molar-refractivity contribution >= 4 is 5.97 Å². The van der Waals surface area contributed by atoms with E-state index in [-0.39, 0.29) is 12.6 Å². The summed E-state index contributed by atoms with van der Waals surface area (Å²) in [5.41, 5.74) is 2.45. The van der Waals surface area contributed by atoms with Crippen molar-refractivity contribution in [2.45, 2.75) is 19.8 Å². The molecule has 1 heterocycles. The van der Waals surface area contributed by atoms with Gasteiger partial charge in [0.2, 0.25) is 0 Å². The van der Waals surface area contributed by atoms with Gasteiger partial charge in [-0.3, -0.25) is 0 Å². The molecule has 2 rings (SSSR count). The summed E-state index contributed by atoms with van der Waals surface area (Å²) in [6, 6.07) is 3.74. The van der Waals surface area contributed by atoms with Crippen LogP contribution in [0.3, 0.4) is 0 Å². The molecule has 1 N–H and O–H groups in total. The van der Waals surface area contributed by atoms with Gasteiger partial charge in [-0.2, -0.15) is 0 Å². The zero-order valence-electron chi connectivity index (χ0n) is 9.86. The molecule has 0 saturated carbocycles. The number of benzene rings is 1. The number of aliphatic hydroxyl groups excluding tert-OH is 1. The Labute approximate surface area is 100 Å². The van der Waals surface area contributed by atoms with Crippen LogP contribution in [0, 0.1) is 0 Å². The average molecular weight is 236 g/mol. The maximum absolute atomic E-state index is 11.8. The first-order valence-corrected chi connectivity index (χ1v) is 5.82. The molecule has 92 valence electrons. The molecule has 1 aromatic rings. The van der Waals surface area contributed by atoms with Gasteiger partial charge in [0, 0.05) is 13.0 Å². The van der Waals surface area contributed by atoms with Crippen LogP contribution >= 0.6 is 0 Å². The predicted octanol–water partition coefficient (Wildman–Crippen LogP) is 1.33. The van der Waals surface area contributed by atoms with Crippen molar-refractivity contribution < 1.29 is 19.4 Å². The fourth-order valence-electron chi connectivity index (χ4n) is 2.01. The van der Waals surface area contributed by atoms with E-state index in [0.717, 1.165) is 17.5 Å². The molecule has 1 aliphatic rings. The fraction of sp³-hybridized carbons (Fsp3) is 0.462. The molecular weight excluding hydrogens is 220 g/mol. The summed E-state index contributed by atoms with van der Waals surface area (Å²) >= 11 is 0. The third kappa shape index (κ3) is 2.42. The summed E-state index contributed by atoms with van der Waals surface area (Å²) in [4.78, 5) is 11.8. The molecule has 0 radical (unpaired) electrons. The average Bonchev–Trinajstić information content (AvgIpc) is 2.76. The van der Waals surface area contributed by atoms with Gasteiger partial charge in [0.05, 0.1) is 13.2 Å². The van der Waals surface area contributed by atoms with Gasteiger partial charge in [-0.05, 0) is 30.5 Å². The Morgan fingerprint density at radius 3 is 3.06 bits per heavy atom. The van der Waals surface area contributed by atoms with Gasteiger partial charge >= 0.3 is 5.97 Å². The molecule has 0 amide bonds. The fourth-order valence-corrected chi connectivity index (χ4v) is 2.01. The van der Waals surface area contributed by atoms with Crippen LogP contribution in [-0.4, -0.2) is 30.9 Å². The first-order chi connectivity index (χ1) is 8.26. The molecule has 0 aliphatic carbocycles. The van der Waals surface area contributed by atoms with E-state index >= 15 is 0 Å². The zero-order chi connectivity index (χ0) is 12.3. The number of carbonyl (C=O) groups is 1. The van der Waals surface area contributed by atoms with E-state index in [0.29, 0.717) is 30.9 Å². The highest BCUT2D eigenvalue weighted by molar-refractivity contribution is 5.93. The zero-order valence-corrected chi connectivity index (χ0v) is 9.86. The molecule has 0 bridgehead atoms. The minimum atomic E-state index is -0.356. The van der Waals surface area contributed by atoms with Crippen LogP contribution in [0.5, 0.6) is 5.75 Å². The van der Waals surface area contributed by atoms with Crippen LogP contribution in [-0.2, 0) is 17.6 Å². The Morgan fingerprint density at radius 1 is 1.53 bits per heavy atom. The Balaban J connectivity index is 2.38. The predicted molar refractivity (Wildman–Crippen MR) is 62.4 cm³/mol. The molecular formula is C13H16O4. The molecule has 0 spiro atoms. The monoisotopic (exact) mass is 236 g/mol. The molecule has 1 aliphatic heterocycles. The highest BCUT2D eigenvalue weighted by Gasteiger charge is 2.22. The molecule has 0 aromatic heterocycles. The maximum atomic E-state index is 11.8. The number of ether oxygens (including phenoxy) is 2. The summed E-state index contributed by atoms with van der Waals surface area (Å²) in [5, 5.41) is 8.95. The molecule has 0 unspecified atom stereocenters. The minimum Gasteiger partial charge on any atom is -0.492 e. The minimum absolute atomic E-state index is 0.0713. The van der Waals surface area contributed by atoms with Crippen LogP contribution < -0.4 is 4.74 Å². The molecule has 0 saturated heterocycles. The summed E-state index contributed by atoms with van der Waals surface area (Å²) in [6.45, 7) is 2.79. The van der Waals surface area contributed by atoms with Crippen LogP contribution in [0.15, 0.2) is 12.1 Å². The van der Waals surface area contributed by atoms with E-state index in [1.54, 1.807) is 13.0 Å². The summed E-state index contributed by atoms with van der Waals surface area (Å²) in [5.74, 6) is 0.288. The first kappa shape index (κ1) is 11.9. The number of carbonyl (C=O) groups excluding carboxylic acids is 1. The van der Waals surface area contributed by atoms with E-state index in [1.807, 2.05) is 6.07 Å². The highest BCUT2D eigenvalue weighted by atomic mass is 16.5. The molecule has 0 fully saturated rings. The third-order valence-electron chi connectivity index (χ3n) is 2.74. The van der Waals surface area contributed by atoms with Crippen LogP contribution in [0.1, 0.15) is 28.4 Å². The second kappa shape index (κ2) is 5.19. The Bertz CT molecular complexity index is 426. The SMILES string of the molecule is CCOC(=O)c1cc(CCO)cc2c1OCC2. The topological polar surface area (TPSA) is 55.8 Å². The molecule has 0 atom stereocenters. The van der Waals surface area contributed by atoms with Crippen LogP contribution in [0.2, 0.25) is 0 Å². The van der Waals surface area contributed by atoms with Gasteiger partial charge in [0.25, 0.3) is 0 Å². The highest BCUT2D eigenvalue weighted by Crippen LogP contribution is 2.31. The lowest BCUT2D eigenvalue weighted by Gasteiger charge is -2.09. The number of hydrogen-bond donors (Lipinski definition) is 1. The molecule has 4 heteroatoms. The summed E-state index contributed by atoms with van der Waals surface area (Å²) < 4.78 is 10.5. The van der Waals surface area contributed by atoms with Crippen molar-refractivity contribution in [3.05, 3.63) is 28.8 Å². The number of rotatable bonds is 4. The Kier molecular flexibility index (Phi) is 3.64. The largest absolute Gasteiger partial charge is 0.492 e. The van der Waals surface area contributed by atoms with Crippen LogP contribution in [0.25, 0.3) is 0 Å². The molecule has 17 heavy (non-hydrogen) atoms. The molecule has 1 aromatic carbocycles. The second-order valence-electron chi connectivity index (χ2n) is 3.92.